The second-order valence-corrected chi connectivity index (χ2v) is 7.26. The summed E-state index contributed by atoms with van der Waals surface area (Å²) in [4.78, 5) is 0. The predicted octanol–water partition coefficient (Wildman–Crippen LogP) is 6.38. The van der Waals surface area contributed by atoms with Gasteiger partial charge in [-0.25, -0.2) is 0 Å². The number of ether oxygens (including phenoxy) is 1. The van der Waals surface area contributed by atoms with Crippen LogP contribution in [0.15, 0.2) is 90.1 Å². The smallest absolute Gasteiger partial charge is 0.138 e. The number of aliphatic hydroxyl groups excluding tert-OH is 1. The number of rotatable bonds is 10. The summed E-state index contributed by atoms with van der Waals surface area (Å²) in [5.74, 6) is 1.13. The first-order valence-corrected chi connectivity index (χ1v) is 10.3. The first-order chi connectivity index (χ1) is 14.0. The van der Waals surface area contributed by atoms with Crippen LogP contribution in [0.4, 0.5) is 0 Å². The summed E-state index contributed by atoms with van der Waals surface area (Å²) < 4.78 is 6.13. The molecule has 0 aromatic heterocycles. The summed E-state index contributed by atoms with van der Waals surface area (Å²) in [5, 5.41) is 10.3. The molecule has 0 radical (unpaired) electrons. The number of allylic oxidation sites excluding steroid dienone is 6. The Morgan fingerprint density at radius 1 is 1.21 bits per heavy atom. The van der Waals surface area contributed by atoms with E-state index in [0.717, 1.165) is 42.4 Å². The van der Waals surface area contributed by atoms with Crippen LogP contribution in [0.25, 0.3) is 6.08 Å². The zero-order valence-electron chi connectivity index (χ0n) is 17.7. The van der Waals surface area contributed by atoms with Crippen molar-refractivity contribution >= 4 is 6.08 Å². The number of nitrogens with two attached hydrogens (primary N) is 1. The molecule has 3 heteroatoms. The minimum absolute atomic E-state index is 0.198. The minimum Gasteiger partial charge on any atom is -0.508 e. The fraction of sp³-hybridized carbons (Fsp3) is 0.308. The standard InChI is InChI=1S/C26H33NO2/c1-5-19(4)26(27)25(18-22(7-3)23-10-8-9-11-24(23)28)29-17-16-21-14-12-20(6-2)13-15-21/h6-7,10-15,18-19,28H,2-3,5,8-9,16-17,27H2,1,4H3/b22-18+,26-25-. The molecule has 1 aliphatic rings. The summed E-state index contributed by atoms with van der Waals surface area (Å²) in [6.07, 6.45) is 12.8. The fourth-order valence-electron chi connectivity index (χ4n) is 3.09. The number of aliphatic hydroxyl groups is 1. The van der Waals surface area contributed by atoms with E-state index in [1.807, 2.05) is 36.4 Å². The molecule has 0 heterocycles. The highest BCUT2D eigenvalue weighted by atomic mass is 16.5. The van der Waals surface area contributed by atoms with Gasteiger partial charge in [0.25, 0.3) is 0 Å². The Bertz CT molecular complexity index is 838. The molecular formula is C26H33NO2. The van der Waals surface area contributed by atoms with E-state index in [-0.39, 0.29) is 11.7 Å². The third kappa shape index (κ3) is 6.28. The van der Waals surface area contributed by atoms with Crippen molar-refractivity contribution < 1.29 is 9.84 Å². The molecule has 1 aliphatic carbocycles. The molecule has 3 N–H and O–H groups in total. The van der Waals surface area contributed by atoms with E-state index in [9.17, 15) is 5.11 Å². The molecule has 0 aliphatic heterocycles. The minimum atomic E-state index is 0.198. The number of hydrogen-bond acceptors (Lipinski definition) is 3. The van der Waals surface area contributed by atoms with Gasteiger partial charge in [0.05, 0.1) is 12.3 Å². The van der Waals surface area contributed by atoms with Crippen LogP contribution in [-0.4, -0.2) is 11.7 Å². The van der Waals surface area contributed by atoms with Crippen molar-refractivity contribution in [1.29, 1.82) is 0 Å². The lowest BCUT2D eigenvalue weighted by Gasteiger charge is -2.18. The molecule has 1 aromatic carbocycles. The molecule has 1 unspecified atom stereocenters. The van der Waals surface area contributed by atoms with Gasteiger partial charge in [0, 0.05) is 12.0 Å². The van der Waals surface area contributed by atoms with Crippen molar-refractivity contribution in [3.05, 3.63) is 101 Å². The Hall–Kier alpha value is -2.94. The topological polar surface area (TPSA) is 55.5 Å². The van der Waals surface area contributed by atoms with E-state index < -0.39 is 0 Å². The Morgan fingerprint density at radius 2 is 1.90 bits per heavy atom. The Labute approximate surface area is 175 Å². The van der Waals surface area contributed by atoms with Crippen molar-refractivity contribution in [2.45, 2.75) is 39.5 Å². The predicted molar refractivity (Wildman–Crippen MR) is 123 cm³/mol. The van der Waals surface area contributed by atoms with Crippen molar-refractivity contribution in [3.63, 3.8) is 0 Å². The molecule has 29 heavy (non-hydrogen) atoms. The molecule has 0 fully saturated rings. The van der Waals surface area contributed by atoms with Gasteiger partial charge in [-0.3, -0.25) is 0 Å². The van der Waals surface area contributed by atoms with E-state index >= 15 is 0 Å². The highest BCUT2D eigenvalue weighted by Crippen LogP contribution is 2.27. The van der Waals surface area contributed by atoms with Crippen LogP contribution in [0.1, 0.15) is 44.2 Å². The van der Waals surface area contributed by atoms with Gasteiger partial charge < -0.3 is 15.6 Å². The summed E-state index contributed by atoms with van der Waals surface area (Å²) in [6, 6.07) is 8.27. The lowest BCUT2D eigenvalue weighted by molar-refractivity contribution is 0.221. The third-order valence-corrected chi connectivity index (χ3v) is 5.24. The average Bonchev–Trinajstić information content (AvgIpc) is 2.76. The summed E-state index contributed by atoms with van der Waals surface area (Å²) in [6.45, 7) is 12.4. The second kappa shape index (κ2) is 11.2. The van der Waals surface area contributed by atoms with Crippen LogP contribution in [-0.2, 0) is 11.2 Å². The van der Waals surface area contributed by atoms with Gasteiger partial charge in [-0.2, -0.15) is 0 Å². The first-order valence-electron chi connectivity index (χ1n) is 10.3. The normalized spacial score (nSPS) is 16.3. The largest absolute Gasteiger partial charge is 0.508 e. The van der Waals surface area contributed by atoms with Crippen LogP contribution in [0.3, 0.4) is 0 Å². The maximum absolute atomic E-state index is 10.3. The molecule has 1 atom stereocenters. The summed E-state index contributed by atoms with van der Waals surface area (Å²) >= 11 is 0. The van der Waals surface area contributed by atoms with Crippen LogP contribution in [0.5, 0.6) is 0 Å². The van der Waals surface area contributed by atoms with Crippen molar-refractivity contribution in [1.82, 2.24) is 0 Å². The first kappa shape index (κ1) is 22.4. The molecule has 0 bridgehead atoms. The van der Waals surface area contributed by atoms with Crippen LogP contribution < -0.4 is 5.73 Å². The van der Waals surface area contributed by atoms with Gasteiger partial charge in [-0.15, -0.1) is 0 Å². The van der Waals surface area contributed by atoms with Gasteiger partial charge >= 0.3 is 0 Å². The van der Waals surface area contributed by atoms with Crippen molar-refractivity contribution in [2.75, 3.05) is 6.61 Å². The highest BCUT2D eigenvalue weighted by molar-refractivity contribution is 5.52. The Balaban J connectivity index is 2.22. The third-order valence-electron chi connectivity index (χ3n) is 5.24. The number of hydrogen-bond donors (Lipinski definition) is 2. The van der Waals surface area contributed by atoms with E-state index in [4.69, 9.17) is 10.5 Å². The molecule has 0 saturated carbocycles. The van der Waals surface area contributed by atoms with Crippen LogP contribution >= 0.6 is 0 Å². The maximum atomic E-state index is 10.3. The van der Waals surface area contributed by atoms with Crippen LogP contribution in [0.2, 0.25) is 0 Å². The maximum Gasteiger partial charge on any atom is 0.138 e. The fourth-order valence-corrected chi connectivity index (χ4v) is 3.09. The quantitative estimate of drug-likeness (QED) is 0.359. The van der Waals surface area contributed by atoms with Gasteiger partial charge in [-0.1, -0.05) is 69.5 Å². The molecule has 0 saturated heterocycles. The molecular weight excluding hydrogens is 358 g/mol. The molecule has 0 amide bonds. The van der Waals surface area contributed by atoms with Gasteiger partial charge in [0.1, 0.15) is 11.5 Å². The van der Waals surface area contributed by atoms with E-state index in [1.165, 1.54) is 5.56 Å². The zero-order chi connectivity index (χ0) is 21.2. The zero-order valence-corrected chi connectivity index (χ0v) is 17.7. The van der Waals surface area contributed by atoms with Crippen molar-refractivity contribution in [3.8, 4) is 0 Å². The lowest BCUT2D eigenvalue weighted by Crippen LogP contribution is -2.14. The lowest BCUT2D eigenvalue weighted by atomic mass is 9.96. The summed E-state index contributed by atoms with van der Waals surface area (Å²) in [5.41, 5.74) is 11.0. The molecule has 0 spiro atoms. The van der Waals surface area contributed by atoms with E-state index in [1.54, 1.807) is 6.08 Å². The number of benzene rings is 1. The second-order valence-electron chi connectivity index (χ2n) is 7.26. The molecule has 3 nitrogen and oxygen atoms in total. The average molecular weight is 392 g/mol. The van der Waals surface area contributed by atoms with Gasteiger partial charge in [0.2, 0.25) is 0 Å². The molecule has 154 valence electrons. The van der Waals surface area contributed by atoms with Crippen molar-refractivity contribution in [2.24, 2.45) is 11.7 Å². The monoisotopic (exact) mass is 391 g/mol. The molecule has 2 rings (SSSR count). The van der Waals surface area contributed by atoms with Gasteiger partial charge in [-0.05, 0) is 54.0 Å². The van der Waals surface area contributed by atoms with E-state index in [0.29, 0.717) is 18.1 Å². The molecule has 1 aromatic rings. The van der Waals surface area contributed by atoms with E-state index in [2.05, 4.69) is 39.1 Å². The Morgan fingerprint density at radius 3 is 2.48 bits per heavy atom. The summed E-state index contributed by atoms with van der Waals surface area (Å²) in [7, 11) is 0. The SMILES string of the molecule is C=C/C(=C\C(OCCc1ccc(C=C)cc1)=C(\N)C(C)CC)C1=CCCC=C1O. The van der Waals surface area contributed by atoms with Crippen LogP contribution in [0, 0.1) is 5.92 Å². The van der Waals surface area contributed by atoms with Gasteiger partial charge in [0.15, 0.2) is 0 Å². The Kier molecular flexibility index (Phi) is 8.60. The highest BCUT2D eigenvalue weighted by Gasteiger charge is 2.14.